The number of carbonyl (C=O) groups excluding carboxylic acids is 1. The molecule has 2 aromatic carbocycles. The molecule has 2 unspecified atom stereocenters. The summed E-state index contributed by atoms with van der Waals surface area (Å²) in [5.74, 6) is 0.592. The Labute approximate surface area is 181 Å². The maximum atomic E-state index is 13.5. The average molecular weight is 423 g/mol. The van der Waals surface area contributed by atoms with Crippen molar-refractivity contribution in [2.24, 2.45) is 0 Å². The second kappa shape index (κ2) is 8.98. The highest BCUT2D eigenvalue weighted by molar-refractivity contribution is 5.95. The van der Waals surface area contributed by atoms with Crippen LogP contribution in [0.2, 0.25) is 0 Å². The Morgan fingerprint density at radius 3 is 2.90 bits per heavy atom. The van der Waals surface area contributed by atoms with E-state index in [1.807, 2.05) is 39.0 Å². The van der Waals surface area contributed by atoms with E-state index in [-0.39, 0.29) is 23.7 Å². The number of piperidine rings is 1. The minimum absolute atomic E-state index is 0.0275. The molecule has 4 rings (SSSR count). The van der Waals surface area contributed by atoms with Crippen LogP contribution in [0, 0.1) is 19.7 Å². The topological polar surface area (TPSA) is 71.3 Å². The fourth-order valence-electron chi connectivity index (χ4n) is 3.98. The molecule has 0 bridgehead atoms. The number of hydrogen-bond donors (Lipinski definition) is 1. The van der Waals surface area contributed by atoms with E-state index in [0.29, 0.717) is 23.8 Å². The zero-order valence-corrected chi connectivity index (χ0v) is 18.1. The van der Waals surface area contributed by atoms with Gasteiger partial charge in [-0.25, -0.2) is 4.39 Å². The lowest BCUT2D eigenvalue weighted by atomic mass is 9.96. The van der Waals surface area contributed by atoms with Crippen LogP contribution in [0.25, 0.3) is 11.4 Å². The summed E-state index contributed by atoms with van der Waals surface area (Å²) in [6.07, 6.45) is 1.84. The molecule has 2 atom stereocenters. The third-order valence-corrected chi connectivity index (χ3v) is 5.90. The number of likely N-dealkylation sites (tertiary alicyclic amines) is 1. The monoisotopic (exact) mass is 422 g/mol. The van der Waals surface area contributed by atoms with Crippen molar-refractivity contribution in [2.45, 2.75) is 45.6 Å². The summed E-state index contributed by atoms with van der Waals surface area (Å²) in [6.45, 7) is 7.42. The van der Waals surface area contributed by atoms with Crippen molar-refractivity contribution in [1.29, 1.82) is 0 Å². The highest BCUT2D eigenvalue weighted by Crippen LogP contribution is 2.29. The molecule has 0 saturated carbocycles. The summed E-state index contributed by atoms with van der Waals surface area (Å²) < 4.78 is 19.0. The van der Waals surface area contributed by atoms with Crippen LogP contribution in [-0.4, -0.2) is 40.1 Å². The Morgan fingerprint density at radius 1 is 1.26 bits per heavy atom. The molecule has 1 amide bonds. The normalized spacial score (nSPS) is 18.0. The van der Waals surface area contributed by atoms with Gasteiger partial charge in [-0.15, -0.1) is 0 Å². The SMILES string of the molecule is Cc1ccc(C)c(NC(=O)C(C)N2CCCC(c3nc(-c4cccc(F)c4)no3)C2)c1. The van der Waals surface area contributed by atoms with E-state index < -0.39 is 0 Å². The van der Waals surface area contributed by atoms with Crippen LogP contribution in [-0.2, 0) is 4.79 Å². The van der Waals surface area contributed by atoms with Gasteiger partial charge in [0.15, 0.2) is 0 Å². The van der Waals surface area contributed by atoms with Crippen molar-refractivity contribution in [2.75, 3.05) is 18.4 Å². The van der Waals surface area contributed by atoms with Crippen LogP contribution in [0.5, 0.6) is 0 Å². The number of aromatic nitrogens is 2. The van der Waals surface area contributed by atoms with Gasteiger partial charge in [0, 0.05) is 17.8 Å². The summed E-state index contributed by atoms with van der Waals surface area (Å²) in [6, 6.07) is 11.9. The van der Waals surface area contributed by atoms with Gasteiger partial charge in [0.1, 0.15) is 5.82 Å². The quantitative estimate of drug-likeness (QED) is 0.645. The molecule has 7 heteroatoms. The molecule has 2 heterocycles. The van der Waals surface area contributed by atoms with Crippen LogP contribution >= 0.6 is 0 Å². The van der Waals surface area contributed by atoms with Gasteiger partial charge in [-0.1, -0.05) is 29.4 Å². The number of nitrogens with one attached hydrogen (secondary N) is 1. The van der Waals surface area contributed by atoms with Crippen molar-refractivity contribution in [3.63, 3.8) is 0 Å². The van der Waals surface area contributed by atoms with Gasteiger partial charge in [-0.05, 0) is 69.5 Å². The van der Waals surface area contributed by atoms with E-state index in [1.165, 1.54) is 12.1 Å². The lowest BCUT2D eigenvalue weighted by Gasteiger charge is -2.34. The molecule has 1 N–H and O–H groups in total. The summed E-state index contributed by atoms with van der Waals surface area (Å²) in [7, 11) is 0. The van der Waals surface area contributed by atoms with Gasteiger partial charge < -0.3 is 9.84 Å². The Morgan fingerprint density at radius 2 is 2.10 bits per heavy atom. The fourth-order valence-corrected chi connectivity index (χ4v) is 3.98. The molecule has 162 valence electrons. The first-order valence-electron chi connectivity index (χ1n) is 10.6. The molecule has 1 aromatic heterocycles. The molecule has 0 spiro atoms. The Balaban J connectivity index is 1.43. The molecule has 1 saturated heterocycles. The first-order valence-corrected chi connectivity index (χ1v) is 10.6. The number of halogens is 1. The van der Waals surface area contributed by atoms with Gasteiger partial charge in [-0.3, -0.25) is 9.69 Å². The van der Waals surface area contributed by atoms with Crippen molar-refractivity contribution in [3.8, 4) is 11.4 Å². The summed E-state index contributed by atoms with van der Waals surface area (Å²) >= 11 is 0. The van der Waals surface area contributed by atoms with Gasteiger partial charge >= 0.3 is 0 Å². The number of hydrogen-bond acceptors (Lipinski definition) is 5. The van der Waals surface area contributed by atoms with Crippen molar-refractivity contribution in [1.82, 2.24) is 15.0 Å². The van der Waals surface area contributed by atoms with Gasteiger partial charge in [0.05, 0.1) is 12.0 Å². The lowest BCUT2D eigenvalue weighted by molar-refractivity contribution is -0.121. The Bertz CT molecular complexity index is 1080. The van der Waals surface area contributed by atoms with E-state index in [1.54, 1.807) is 12.1 Å². The highest BCUT2D eigenvalue weighted by Gasteiger charge is 2.31. The van der Waals surface area contributed by atoms with E-state index in [0.717, 1.165) is 36.2 Å². The smallest absolute Gasteiger partial charge is 0.241 e. The number of rotatable bonds is 5. The molecular weight excluding hydrogens is 395 g/mol. The first-order chi connectivity index (χ1) is 14.9. The molecule has 3 aromatic rings. The number of benzene rings is 2. The molecule has 1 fully saturated rings. The Hall–Kier alpha value is -3.06. The number of nitrogens with zero attached hydrogens (tertiary/aromatic N) is 3. The first kappa shape index (κ1) is 21.2. The number of carbonyl (C=O) groups is 1. The Kier molecular flexibility index (Phi) is 6.13. The largest absolute Gasteiger partial charge is 0.339 e. The lowest BCUT2D eigenvalue weighted by Crippen LogP contribution is -2.46. The maximum absolute atomic E-state index is 13.5. The van der Waals surface area contributed by atoms with Gasteiger partial charge in [0.25, 0.3) is 0 Å². The molecule has 0 aliphatic carbocycles. The fraction of sp³-hybridized carbons (Fsp3) is 0.375. The maximum Gasteiger partial charge on any atom is 0.241 e. The summed E-state index contributed by atoms with van der Waals surface area (Å²) in [5.41, 5.74) is 3.58. The van der Waals surface area contributed by atoms with Gasteiger partial charge in [-0.2, -0.15) is 4.98 Å². The van der Waals surface area contributed by atoms with Crippen molar-refractivity contribution < 1.29 is 13.7 Å². The molecular formula is C24H27FN4O2. The number of anilines is 1. The van der Waals surface area contributed by atoms with Crippen molar-refractivity contribution >= 4 is 11.6 Å². The van der Waals surface area contributed by atoms with E-state index >= 15 is 0 Å². The molecule has 1 aliphatic heterocycles. The minimum Gasteiger partial charge on any atom is -0.339 e. The standard InChI is InChI=1S/C24H27FN4O2/c1-15-9-10-16(2)21(12-15)26-23(30)17(3)29-11-5-7-19(14-29)24-27-22(28-31-24)18-6-4-8-20(25)13-18/h4,6,8-10,12-13,17,19H,5,7,11,14H2,1-3H3,(H,26,30). The third kappa shape index (κ3) is 4.82. The van der Waals surface area contributed by atoms with Crippen LogP contribution in [0.1, 0.15) is 42.7 Å². The van der Waals surface area contributed by atoms with Crippen LogP contribution in [0.15, 0.2) is 47.0 Å². The average Bonchev–Trinajstić information content (AvgIpc) is 3.26. The summed E-state index contributed by atoms with van der Waals surface area (Å²) in [4.78, 5) is 19.6. The number of amides is 1. The van der Waals surface area contributed by atoms with E-state index in [4.69, 9.17) is 4.52 Å². The second-order valence-electron chi connectivity index (χ2n) is 8.28. The highest BCUT2D eigenvalue weighted by atomic mass is 19.1. The van der Waals surface area contributed by atoms with Crippen LogP contribution in [0.3, 0.4) is 0 Å². The predicted molar refractivity (Wildman–Crippen MR) is 117 cm³/mol. The molecule has 31 heavy (non-hydrogen) atoms. The summed E-state index contributed by atoms with van der Waals surface area (Å²) in [5, 5.41) is 7.10. The third-order valence-electron chi connectivity index (χ3n) is 5.90. The van der Waals surface area contributed by atoms with Crippen LogP contribution < -0.4 is 5.32 Å². The minimum atomic E-state index is -0.337. The second-order valence-corrected chi connectivity index (χ2v) is 8.28. The van der Waals surface area contributed by atoms with Crippen LogP contribution in [0.4, 0.5) is 10.1 Å². The zero-order chi connectivity index (χ0) is 22.0. The van der Waals surface area contributed by atoms with E-state index in [9.17, 15) is 9.18 Å². The molecule has 6 nitrogen and oxygen atoms in total. The predicted octanol–water partition coefficient (Wildman–Crippen LogP) is 4.70. The van der Waals surface area contributed by atoms with Crippen molar-refractivity contribution in [3.05, 3.63) is 65.3 Å². The van der Waals surface area contributed by atoms with E-state index in [2.05, 4.69) is 20.4 Å². The van der Waals surface area contributed by atoms with Gasteiger partial charge in [0.2, 0.25) is 17.6 Å². The number of aryl methyl sites for hydroxylation is 2. The molecule has 0 radical (unpaired) electrons. The zero-order valence-electron chi connectivity index (χ0n) is 18.1. The molecule has 1 aliphatic rings.